The van der Waals surface area contributed by atoms with Crippen LogP contribution in [0.4, 0.5) is 0 Å². The zero-order valence-corrected chi connectivity index (χ0v) is 9.53. The molecule has 0 spiro atoms. The van der Waals surface area contributed by atoms with Gasteiger partial charge in [0.15, 0.2) is 0 Å². The maximum atomic E-state index is 11.7. The number of carboxylic acids is 1. The molecule has 0 aromatic carbocycles. The fourth-order valence-electron chi connectivity index (χ4n) is 1.64. The number of carboxylic acid groups (broad SMARTS) is 1. The lowest BCUT2D eigenvalue weighted by Gasteiger charge is -2.27. The molecule has 1 aliphatic carbocycles. The SMILES string of the molecule is COC(CN)C(=O)NC(C)(C(=O)O)C1CC1. The number of carbonyl (C=O) groups is 2. The molecule has 1 aliphatic rings. The van der Waals surface area contributed by atoms with E-state index >= 15 is 0 Å². The molecule has 92 valence electrons. The molecule has 0 radical (unpaired) electrons. The van der Waals surface area contributed by atoms with Gasteiger partial charge in [-0.05, 0) is 25.7 Å². The second kappa shape index (κ2) is 4.80. The summed E-state index contributed by atoms with van der Waals surface area (Å²) in [5.41, 5.74) is 4.13. The highest BCUT2D eigenvalue weighted by Crippen LogP contribution is 2.39. The number of ether oxygens (including phenoxy) is 1. The Morgan fingerprint density at radius 2 is 2.19 bits per heavy atom. The second-order valence-electron chi connectivity index (χ2n) is 4.23. The van der Waals surface area contributed by atoms with Crippen molar-refractivity contribution in [3.05, 3.63) is 0 Å². The maximum Gasteiger partial charge on any atom is 0.329 e. The van der Waals surface area contributed by atoms with Gasteiger partial charge in [-0.2, -0.15) is 0 Å². The Hall–Kier alpha value is -1.14. The first kappa shape index (κ1) is 12.9. The normalized spacial score (nSPS) is 20.9. The van der Waals surface area contributed by atoms with Gasteiger partial charge in [0.2, 0.25) is 0 Å². The van der Waals surface area contributed by atoms with Crippen LogP contribution in [0.2, 0.25) is 0 Å². The Kier molecular flexibility index (Phi) is 3.88. The van der Waals surface area contributed by atoms with Gasteiger partial charge in [0.05, 0.1) is 0 Å². The van der Waals surface area contributed by atoms with Crippen LogP contribution >= 0.6 is 0 Å². The zero-order valence-electron chi connectivity index (χ0n) is 9.53. The number of nitrogens with one attached hydrogen (secondary N) is 1. The van der Waals surface area contributed by atoms with E-state index in [4.69, 9.17) is 15.6 Å². The molecule has 6 heteroatoms. The minimum Gasteiger partial charge on any atom is -0.480 e. The lowest BCUT2D eigenvalue weighted by Crippen LogP contribution is -2.57. The Morgan fingerprint density at radius 1 is 1.62 bits per heavy atom. The topological polar surface area (TPSA) is 102 Å². The molecule has 1 rings (SSSR count). The van der Waals surface area contributed by atoms with Gasteiger partial charge >= 0.3 is 5.97 Å². The summed E-state index contributed by atoms with van der Waals surface area (Å²) in [4.78, 5) is 22.8. The van der Waals surface area contributed by atoms with Crippen molar-refractivity contribution >= 4 is 11.9 Å². The summed E-state index contributed by atoms with van der Waals surface area (Å²) in [6.45, 7) is 1.55. The van der Waals surface area contributed by atoms with Crippen molar-refractivity contribution in [1.82, 2.24) is 5.32 Å². The van der Waals surface area contributed by atoms with Crippen molar-refractivity contribution in [2.45, 2.75) is 31.4 Å². The molecular weight excluding hydrogens is 212 g/mol. The quantitative estimate of drug-likeness (QED) is 0.561. The lowest BCUT2D eigenvalue weighted by atomic mass is 9.95. The van der Waals surface area contributed by atoms with Crippen molar-refractivity contribution in [2.75, 3.05) is 13.7 Å². The van der Waals surface area contributed by atoms with Gasteiger partial charge in [0.25, 0.3) is 5.91 Å². The first-order chi connectivity index (χ1) is 7.45. The van der Waals surface area contributed by atoms with Crippen LogP contribution < -0.4 is 11.1 Å². The monoisotopic (exact) mass is 230 g/mol. The molecule has 4 N–H and O–H groups in total. The number of rotatable bonds is 6. The van der Waals surface area contributed by atoms with Gasteiger partial charge in [0, 0.05) is 13.7 Å². The van der Waals surface area contributed by atoms with E-state index in [1.54, 1.807) is 0 Å². The number of hydrogen-bond donors (Lipinski definition) is 3. The van der Waals surface area contributed by atoms with Gasteiger partial charge in [-0.15, -0.1) is 0 Å². The molecule has 0 saturated heterocycles. The number of nitrogens with two attached hydrogens (primary N) is 1. The maximum absolute atomic E-state index is 11.7. The van der Waals surface area contributed by atoms with E-state index in [2.05, 4.69) is 5.32 Å². The largest absolute Gasteiger partial charge is 0.480 e. The molecule has 2 atom stereocenters. The van der Waals surface area contributed by atoms with Crippen molar-refractivity contribution in [2.24, 2.45) is 11.7 Å². The van der Waals surface area contributed by atoms with Crippen molar-refractivity contribution < 1.29 is 19.4 Å². The Balaban J connectivity index is 2.68. The average molecular weight is 230 g/mol. The number of hydrogen-bond acceptors (Lipinski definition) is 4. The van der Waals surface area contributed by atoms with E-state index in [1.165, 1.54) is 14.0 Å². The van der Waals surface area contributed by atoms with Crippen LogP contribution in [0.3, 0.4) is 0 Å². The van der Waals surface area contributed by atoms with Crippen molar-refractivity contribution in [3.63, 3.8) is 0 Å². The van der Waals surface area contributed by atoms with Crippen LogP contribution in [0.15, 0.2) is 0 Å². The van der Waals surface area contributed by atoms with Gasteiger partial charge in [0.1, 0.15) is 11.6 Å². The Bertz CT molecular complexity index is 287. The zero-order chi connectivity index (χ0) is 12.3. The minimum atomic E-state index is -1.21. The molecule has 2 unspecified atom stereocenters. The Morgan fingerprint density at radius 3 is 2.50 bits per heavy atom. The van der Waals surface area contributed by atoms with Crippen LogP contribution in [0, 0.1) is 5.92 Å². The summed E-state index contributed by atoms with van der Waals surface area (Å²) in [5, 5.41) is 11.6. The molecule has 1 saturated carbocycles. The number of methoxy groups -OCH3 is 1. The molecule has 0 heterocycles. The van der Waals surface area contributed by atoms with E-state index in [1.807, 2.05) is 0 Å². The molecule has 16 heavy (non-hydrogen) atoms. The Labute approximate surface area is 94.1 Å². The first-order valence-electron chi connectivity index (χ1n) is 5.24. The van der Waals surface area contributed by atoms with E-state index in [0.717, 1.165) is 12.8 Å². The van der Waals surface area contributed by atoms with Crippen LogP contribution in [-0.4, -0.2) is 42.3 Å². The summed E-state index contributed by atoms with van der Waals surface area (Å²) in [6.07, 6.45) is 0.851. The van der Waals surface area contributed by atoms with E-state index in [0.29, 0.717) is 0 Å². The van der Waals surface area contributed by atoms with Gasteiger partial charge in [-0.25, -0.2) is 4.79 Å². The standard InChI is InChI=1S/C10H18N2O4/c1-10(9(14)15,6-3-4-6)12-8(13)7(5-11)16-2/h6-7H,3-5,11H2,1-2H3,(H,12,13)(H,14,15). The predicted molar refractivity (Wildman–Crippen MR) is 56.8 cm³/mol. The number of amides is 1. The lowest BCUT2D eigenvalue weighted by molar-refractivity contribution is -0.149. The molecule has 1 fully saturated rings. The fraction of sp³-hybridized carbons (Fsp3) is 0.800. The first-order valence-corrected chi connectivity index (χ1v) is 5.24. The highest BCUT2D eigenvalue weighted by Gasteiger charge is 2.49. The number of carbonyl (C=O) groups excluding carboxylic acids is 1. The fourth-order valence-corrected chi connectivity index (χ4v) is 1.64. The van der Waals surface area contributed by atoms with Crippen LogP contribution in [0.5, 0.6) is 0 Å². The molecule has 1 amide bonds. The van der Waals surface area contributed by atoms with Crippen molar-refractivity contribution in [3.8, 4) is 0 Å². The highest BCUT2D eigenvalue weighted by atomic mass is 16.5. The summed E-state index contributed by atoms with van der Waals surface area (Å²) in [5.74, 6) is -1.48. The predicted octanol–water partition coefficient (Wildman–Crippen LogP) is -0.670. The summed E-state index contributed by atoms with van der Waals surface area (Å²) < 4.78 is 4.86. The third-order valence-corrected chi connectivity index (χ3v) is 3.01. The van der Waals surface area contributed by atoms with Gasteiger partial charge < -0.3 is 20.9 Å². The van der Waals surface area contributed by atoms with Crippen LogP contribution in [0.25, 0.3) is 0 Å². The molecule has 0 aliphatic heterocycles. The molecule has 0 bridgehead atoms. The average Bonchev–Trinajstić information content (AvgIpc) is 3.02. The summed E-state index contributed by atoms with van der Waals surface area (Å²) in [6, 6.07) is 0. The highest BCUT2D eigenvalue weighted by molar-refractivity contribution is 5.89. The van der Waals surface area contributed by atoms with Crippen molar-refractivity contribution in [1.29, 1.82) is 0 Å². The minimum absolute atomic E-state index is 0.00392. The molecule has 6 nitrogen and oxygen atoms in total. The van der Waals surface area contributed by atoms with Gasteiger partial charge in [-0.3, -0.25) is 4.79 Å². The molecular formula is C10H18N2O4. The molecule has 0 aromatic rings. The van der Waals surface area contributed by atoms with E-state index in [-0.39, 0.29) is 12.5 Å². The van der Waals surface area contributed by atoms with E-state index in [9.17, 15) is 9.59 Å². The third-order valence-electron chi connectivity index (χ3n) is 3.01. The van der Waals surface area contributed by atoms with Gasteiger partial charge in [-0.1, -0.05) is 0 Å². The smallest absolute Gasteiger partial charge is 0.329 e. The summed E-state index contributed by atoms with van der Waals surface area (Å²) >= 11 is 0. The molecule has 0 aromatic heterocycles. The summed E-state index contributed by atoms with van der Waals surface area (Å²) in [7, 11) is 1.37. The third kappa shape index (κ3) is 2.51. The van der Waals surface area contributed by atoms with Crippen LogP contribution in [0.1, 0.15) is 19.8 Å². The number of aliphatic carboxylic acids is 1. The second-order valence-corrected chi connectivity index (χ2v) is 4.23. The van der Waals surface area contributed by atoms with E-state index < -0.39 is 23.5 Å². The van der Waals surface area contributed by atoms with Crippen LogP contribution in [-0.2, 0) is 14.3 Å².